The molecule has 1 N–H and O–H groups in total. The first-order valence-corrected chi connectivity index (χ1v) is 8.69. The predicted molar refractivity (Wildman–Crippen MR) is 91.1 cm³/mol. The molecule has 2 amide bonds. The Morgan fingerprint density at radius 1 is 1.29 bits per heavy atom. The molecule has 2 aromatic rings. The van der Waals surface area contributed by atoms with Crippen molar-refractivity contribution < 1.29 is 14.0 Å². The number of hydrogen-bond donors (Lipinski definition) is 1. The molecule has 24 heavy (non-hydrogen) atoms. The van der Waals surface area contributed by atoms with Crippen molar-refractivity contribution in [1.29, 1.82) is 0 Å². The fraction of sp³-hybridized carbons (Fsp3) is 0.353. The Labute approximate surface area is 143 Å². The summed E-state index contributed by atoms with van der Waals surface area (Å²) < 4.78 is 13.8. The highest BCUT2D eigenvalue weighted by atomic mass is 32.1. The maximum absolute atomic E-state index is 13.8. The van der Waals surface area contributed by atoms with Crippen LogP contribution in [0.2, 0.25) is 0 Å². The highest BCUT2D eigenvalue weighted by molar-refractivity contribution is 7.14. The minimum Gasteiger partial charge on any atom is -0.343 e. The van der Waals surface area contributed by atoms with Gasteiger partial charge in [0.25, 0.3) is 0 Å². The van der Waals surface area contributed by atoms with Crippen molar-refractivity contribution in [3.63, 3.8) is 0 Å². The molecule has 1 aliphatic rings. The summed E-state index contributed by atoms with van der Waals surface area (Å²) in [5.41, 5.74) is 0.934. The van der Waals surface area contributed by atoms with Crippen molar-refractivity contribution in [1.82, 2.24) is 9.88 Å². The summed E-state index contributed by atoms with van der Waals surface area (Å²) >= 11 is 1.28. The van der Waals surface area contributed by atoms with Crippen LogP contribution in [0.4, 0.5) is 9.52 Å². The van der Waals surface area contributed by atoms with E-state index in [0.717, 1.165) is 0 Å². The molecule has 0 bridgehead atoms. The van der Waals surface area contributed by atoms with E-state index in [1.165, 1.54) is 17.4 Å². The third-order valence-electron chi connectivity index (χ3n) is 4.20. The van der Waals surface area contributed by atoms with E-state index in [1.54, 1.807) is 35.4 Å². The van der Waals surface area contributed by atoms with Crippen LogP contribution in [0.1, 0.15) is 19.8 Å². The van der Waals surface area contributed by atoms with E-state index in [4.69, 9.17) is 0 Å². The van der Waals surface area contributed by atoms with Crippen molar-refractivity contribution in [3.8, 4) is 11.3 Å². The molecule has 0 saturated carbocycles. The lowest BCUT2D eigenvalue weighted by Gasteiger charge is -2.30. The van der Waals surface area contributed by atoms with Gasteiger partial charge in [0.2, 0.25) is 11.8 Å². The Bertz CT molecular complexity index is 754. The molecule has 0 aliphatic carbocycles. The van der Waals surface area contributed by atoms with Gasteiger partial charge in [-0.2, -0.15) is 0 Å². The normalized spacial score (nSPS) is 15.3. The molecular weight excluding hydrogens is 329 g/mol. The molecule has 1 aromatic carbocycles. The number of aromatic nitrogens is 1. The number of nitrogens with one attached hydrogen (secondary N) is 1. The van der Waals surface area contributed by atoms with E-state index in [2.05, 4.69) is 10.3 Å². The third kappa shape index (κ3) is 3.62. The van der Waals surface area contributed by atoms with Crippen molar-refractivity contribution in [2.45, 2.75) is 19.8 Å². The van der Waals surface area contributed by atoms with Crippen molar-refractivity contribution in [3.05, 3.63) is 35.5 Å². The zero-order valence-electron chi connectivity index (χ0n) is 13.3. The molecule has 126 valence electrons. The number of anilines is 1. The summed E-state index contributed by atoms with van der Waals surface area (Å²) in [6.07, 6.45) is 1.30. The Morgan fingerprint density at radius 2 is 2.00 bits per heavy atom. The average Bonchev–Trinajstić information content (AvgIpc) is 3.03. The van der Waals surface area contributed by atoms with Gasteiger partial charge in [0, 0.05) is 36.9 Å². The van der Waals surface area contributed by atoms with Crippen LogP contribution in [0.15, 0.2) is 29.6 Å². The van der Waals surface area contributed by atoms with E-state index in [9.17, 15) is 14.0 Å². The lowest BCUT2D eigenvalue weighted by atomic mass is 9.96. The zero-order chi connectivity index (χ0) is 17.1. The molecule has 1 aromatic heterocycles. The van der Waals surface area contributed by atoms with Gasteiger partial charge in [0.1, 0.15) is 5.82 Å². The summed E-state index contributed by atoms with van der Waals surface area (Å²) in [5.74, 6) is -0.505. The second kappa shape index (κ2) is 7.09. The van der Waals surface area contributed by atoms with Gasteiger partial charge >= 0.3 is 0 Å². The molecule has 3 rings (SSSR count). The standard InChI is InChI=1S/C17H18FN3O2S/c1-11(22)21-8-6-12(7-9-21)16(23)20-17-19-15(10-24-17)13-4-2-3-5-14(13)18/h2-5,10,12H,6-9H2,1H3,(H,19,20,23). The summed E-state index contributed by atoms with van der Waals surface area (Å²) in [7, 11) is 0. The predicted octanol–water partition coefficient (Wildman–Crippen LogP) is 3.15. The number of carbonyl (C=O) groups excluding carboxylic acids is 2. The topological polar surface area (TPSA) is 62.3 Å². The number of carbonyl (C=O) groups is 2. The SMILES string of the molecule is CC(=O)N1CCC(C(=O)Nc2nc(-c3ccccc3F)cs2)CC1. The highest BCUT2D eigenvalue weighted by Crippen LogP contribution is 2.27. The largest absolute Gasteiger partial charge is 0.343 e. The van der Waals surface area contributed by atoms with E-state index in [1.807, 2.05) is 0 Å². The van der Waals surface area contributed by atoms with Crippen LogP contribution >= 0.6 is 11.3 Å². The van der Waals surface area contributed by atoms with Gasteiger partial charge < -0.3 is 10.2 Å². The fourth-order valence-corrected chi connectivity index (χ4v) is 3.50. The van der Waals surface area contributed by atoms with Crippen LogP contribution in [0, 0.1) is 11.7 Å². The van der Waals surface area contributed by atoms with Gasteiger partial charge in [0.15, 0.2) is 5.13 Å². The molecule has 1 aliphatic heterocycles. The monoisotopic (exact) mass is 347 g/mol. The summed E-state index contributed by atoms with van der Waals surface area (Å²) in [4.78, 5) is 29.7. The molecule has 1 saturated heterocycles. The van der Waals surface area contributed by atoms with Crippen molar-refractivity contribution in [2.75, 3.05) is 18.4 Å². The molecular formula is C17H18FN3O2S. The van der Waals surface area contributed by atoms with Gasteiger partial charge in [-0.05, 0) is 25.0 Å². The number of amides is 2. The Morgan fingerprint density at radius 3 is 2.67 bits per heavy atom. The first-order valence-electron chi connectivity index (χ1n) is 7.81. The number of halogens is 1. The number of benzene rings is 1. The molecule has 1 fully saturated rings. The highest BCUT2D eigenvalue weighted by Gasteiger charge is 2.26. The number of hydrogen-bond acceptors (Lipinski definition) is 4. The first kappa shape index (κ1) is 16.6. The van der Waals surface area contributed by atoms with Gasteiger partial charge in [-0.1, -0.05) is 12.1 Å². The Kier molecular flexibility index (Phi) is 4.89. The van der Waals surface area contributed by atoms with E-state index in [0.29, 0.717) is 42.3 Å². The maximum Gasteiger partial charge on any atom is 0.229 e. The fourth-order valence-electron chi connectivity index (χ4n) is 2.79. The quantitative estimate of drug-likeness (QED) is 0.928. The molecule has 5 nitrogen and oxygen atoms in total. The molecule has 2 heterocycles. The van der Waals surface area contributed by atoms with Crippen LogP contribution in [0.25, 0.3) is 11.3 Å². The maximum atomic E-state index is 13.8. The smallest absolute Gasteiger partial charge is 0.229 e. The number of likely N-dealkylation sites (tertiary alicyclic amines) is 1. The van der Waals surface area contributed by atoms with Gasteiger partial charge in [-0.25, -0.2) is 9.37 Å². The summed E-state index contributed by atoms with van der Waals surface area (Å²) in [6.45, 7) is 2.75. The number of thiazole rings is 1. The molecule has 0 spiro atoms. The van der Waals surface area contributed by atoms with Crippen LogP contribution in [0.5, 0.6) is 0 Å². The van der Waals surface area contributed by atoms with Crippen molar-refractivity contribution >= 4 is 28.3 Å². The van der Waals surface area contributed by atoms with E-state index in [-0.39, 0.29) is 23.5 Å². The lowest BCUT2D eigenvalue weighted by Crippen LogP contribution is -2.40. The van der Waals surface area contributed by atoms with Crippen molar-refractivity contribution in [2.24, 2.45) is 5.92 Å². The van der Waals surface area contributed by atoms with Crippen LogP contribution in [-0.4, -0.2) is 34.8 Å². The van der Waals surface area contributed by atoms with Gasteiger partial charge in [0.05, 0.1) is 5.69 Å². The summed E-state index contributed by atoms with van der Waals surface area (Å²) in [5, 5.41) is 5.00. The summed E-state index contributed by atoms with van der Waals surface area (Å²) in [6, 6.07) is 6.42. The third-order valence-corrected chi connectivity index (χ3v) is 4.95. The Balaban J connectivity index is 1.62. The number of nitrogens with zero attached hydrogens (tertiary/aromatic N) is 2. The lowest BCUT2D eigenvalue weighted by molar-refractivity contribution is -0.132. The average molecular weight is 347 g/mol. The Hall–Kier alpha value is -2.28. The number of piperidine rings is 1. The minimum absolute atomic E-state index is 0.0447. The minimum atomic E-state index is -0.336. The van der Waals surface area contributed by atoms with Crippen LogP contribution in [0.3, 0.4) is 0 Å². The number of rotatable bonds is 3. The second-order valence-electron chi connectivity index (χ2n) is 5.79. The van der Waals surface area contributed by atoms with Crippen LogP contribution in [-0.2, 0) is 9.59 Å². The van der Waals surface area contributed by atoms with E-state index < -0.39 is 0 Å². The first-order chi connectivity index (χ1) is 11.5. The molecule has 7 heteroatoms. The second-order valence-corrected chi connectivity index (χ2v) is 6.65. The van der Waals surface area contributed by atoms with Gasteiger partial charge in [-0.15, -0.1) is 11.3 Å². The van der Waals surface area contributed by atoms with Crippen LogP contribution < -0.4 is 5.32 Å². The molecule has 0 radical (unpaired) electrons. The van der Waals surface area contributed by atoms with Gasteiger partial charge in [-0.3, -0.25) is 9.59 Å². The van der Waals surface area contributed by atoms with E-state index >= 15 is 0 Å². The molecule has 0 unspecified atom stereocenters. The zero-order valence-corrected chi connectivity index (χ0v) is 14.1. The molecule has 0 atom stereocenters.